The third kappa shape index (κ3) is 4.21. The monoisotopic (exact) mass is 276 g/mol. The molecule has 2 rings (SSSR count). The Morgan fingerprint density at radius 3 is 2.70 bits per heavy atom. The normalized spacial score (nSPS) is 17.1. The van der Waals surface area contributed by atoms with Crippen LogP contribution in [0, 0.1) is 6.92 Å². The number of likely N-dealkylation sites (N-methyl/N-ethyl adjacent to an activating group) is 1. The first-order valence-electron chi connectivity index (χ1n) is 7.11. The fourth-order valence-electron chi connectivity index (χ4n) is 2.32. The van der Waals surface area contributed by atoms with Gasteiger partial charge in [0.25, 0.3) is 0 Å². The molecule has 3 N–H and O–H groups in total. The molecule has 1 aliphatic rings. The summed E-state index contributed by atoms with van der Waals surface area (Å²) in [4.78, 5) is 16.6. The number of carbonyl (C=O) groups excluding carboxylic acids is 1. The van der Waals surface area contributed by atoms with Gasteiger partial charge in [0.2, 0.25) is 5.91 Å². The fraction of sp³-hybridized carbons (Fsp3) is 0.533. The molecule has 0 aromatic heterocycles. The zero-order valence-electron chi connectivity index (χ0n) is 12.4. The quantitative estimate of drug-likeness (QED) is 0.810. The molecule has 0 aliphatic carbocycles. The number of benzene rings is 1. The summed E-state index contributed by atoms with van der Waals surface area (Å²) in [6.45, 7) is 7.03. The first kappa shape index (κ1) is 14.8. The highest BCUT2D eigenvalue weighted by Crippen LogP contribution is 2.18. The summed E-state index contributed by atoms with van der Waals surface area (Å²) in [5.41, 5.74) is 8.26. The number of hydrogen-bond donors (Lipinski definition) is 2. The van der Waals surface area contributed by atoms with Crippen molar-refractivity contribution in [3.05, 3.63) is 23.8 Å². The van der Waals surface area contributed by atoms with Crippen molar-refractivity contribution < 1.29 is 4.79 Å². The fourth-order valence-corrected chi connectivity index (χ4v) is 2.32. The first-order chi connectivity index (χ1) is 9.54. The van der Waals surface area contributed by atoms with Crippen LogP contribution in [-0.2, 0) is 4.79 Å². The molecule has 5 heteroatoms. The van der Waals surface area contributed by atoms with Crippen LogP contribution in [-0.4, -0.2) is 55.5 Å². The SMILES string of the molecule is Cc1ccc(N)cc1NC(=O)CCN1CCN(C)CC1. The number of carbonyl (C=O) groups is 1. The van der Waals surface area contributed by atoms with Gasteiger partial charge in [0, 0.05) is 50.5 Å². The van der Waals surface area contributed by atoms with Gasteiger partial charge in [0.15, 0.2) is 0 Å². The molecule has 1 heterocycles. The minimum atomic E-state index is 0.0534. The number of rotatable bonds is 4. The van der Waals surface area contributed by atoms with Crippen LogP contribution in [0.5, 0.6) is 0 Å². The Kier molecular flexibility index (Phi) is 4.98. The Morgan fingerprint density at radius 1 is 1.30 bits per heavy atom. The molecule has 5 nitrogen and oxygen atoms in total. The van der Waals surface area contributed by atoms with Crippen molar-refractivity contribution in [1.82, 2.24) is 9.80 Å². The van der Waals surface area contributed by atoms with E-state index in [0.717, 1.165) is 44.0 Å². The lowest BCUT2D eigenvalue weighted by molar-refractivity contribution is -0.116. The number of nitrogens with two attached hydrogens (primary N) is 1. The second-order valence-corrected chi connectivity index (χ2v) is 5.52. The number of piperazine rings is 1. The number of hydrogen-bond acceptors (Lipinski definition) is 4. The van der Waals surface area contributed by atoms with Crippen molar-refractivity contribution in [1.29, 1.82) is 0 Å². The van der Waals surface area contributed by atoms with Gasteiger partial charge in [0.1, 0.15) is 0 Å². The summed E-state index contributed by atoms with van der Waals surface area (Å²) in [6, 6.07) is 5.57. The second kappa shape index (κ2) is 6.72. The van der Waals surface area contributed by atoms with Crippen LogP contribution in [0.3, 0.4) is 0 Å². The maximum absolute atomic E-state index is 12.0. The predicted octanol–water partition coefficient (Wildman–Crippen LogP) is 1.15. The van der Waals surface area contributed by atoms with E-state index in [-0.39, 0.29) is 5.91 Å². The molecule has 0 saturated carbocycles. The van der Waals surface area contributed by atoms with Crippen molar-refractivity contribution in [2.24, 2.45) is 0 Å². The van der Waals surface area contributed by atoms with Gasteiger partial charge >= 0.3 is 0 Å². The van der Waals surface area contributed by atoms with Crippen LogP contribution in [0.25, 0.3) is 0 Å². The molecule has 0 spiro atoms. The van der Waals surface area contributed by atoms with Gasteiger partial charge in [-0.15, -0.1) is 0 Å². The topological polar surface area (TPSA) is 61.6 Å². The molecule has 1 saturated heterocycles. The van der Waals surface area contributed by atoms with Crippen LogP contribution >= 0.6 is 0 Å². The van der Waals surface area contributed by atoms with Gasteiger partial charge in [-0.1, -0.05) is 6.07 Å². The Labute approximate surface area is 120 Å². The third-order valence-electron chi connectivity index (χ3n) is 3.79. The van der Waals surface area contributed by atoms with E-state index in [2.05, 4.69) is 22.2 Å². The van der Waals surface area contributed by atoms with Crippen molar-refractivity contribution in [2.75, 3.05) is 50.8 Å². The standard InChI is InChI=1S/C15H24N4O/c1-12-3-4-13(16)11-14(12)17-15(20)5-6-19-9-7-18(2)8-10-19/h3-4,11H,5-10,16H2,1-2H3,(H,17,20). The van der Waals surface area contributed by atoms with E-state index >= 15 is 0 Å². The van der Waals surface area contributed by atoms with Gasteiger partial charge in [-0.25, -0.2) is 0 Å². The molecule has 1 aromatic rings. The lowest BCUT2D eigenvalue weighted by Gasteiger charge is -2.32. The van der Waals surface area contributed by atoms with Crippen molar-refractivity contribution in [3.63, 3.8) is 0 Å². The highest BCUT2D eigenvalue weighted by molar-refractivity contribution is 5.92. The van der Waals surface area contributed by atoms with E-state index in [0.29, 0.717) is 12.1 Å². The molecule has 1 fully saturated rings. The largest absolute Gasteiger partial charge is 0.399 e. The van der Waals surface area contributed by atoms with Gasteiger partial charge in [-0.05, 0) is 31.7 Å². The summed E-state index contributed by atoms with van der Waals surface area (Å²) in [5.74, 6) is 0.0534. The predicted molar refractivity (Wildman–Crippen MR) is 82.8 cm³/mol. The second-order valence-electron chi connectivity index (χ2n) is 5.52. The summed E-state index contributed by atoms with van der Waals surface area (Å²) < 4.78 is 0. The zero-order chi connectivity index (χ0) is 14.5. The maximum Gasteiger partial charge on any atom is 0.225 e. The minimum Gasteiger partial charge on any atom is -0.399 e. The molecule has 1 aromatic carbocycles. The molecule has 0 unspecified atom stereocenters. The first-order valence-corrected chi connectivity index (χ1v) is 7.11. The Hall–Kier alpha value is -1.59. The highest BCUT2D eigenvalue weighted by Gasteiger charge is 2.14. The molecule has 0 radical (unpaired) electrons. The Morgan fingerprint density at radius 2 is 2.00 bits per heavy atom. The van der Waals surface area contributed by atoms with E-state index in [1.54, 1.807) is 0 Å². The van der Waals surface area contributed by atoms with Crippen molar-refractivity contribution >= 4 is 17.3 Å². The number of amides is 1. The third-order valence-corrected chi connectivity index (χ3v) is 3.79. The minimum absolute atomic E-state index is 0.0534. The molecule has 0 atom stereocenters. The van der Waals surface area contributed by atoms with Gasteiger partial charge < -0.3 is 20.9 Å². The summed E-state index contributed by atoms with van der Waals surface area (Å²) in [5, 5.41) is 2.94. The molecule has 110 valence electrons. The summed E-state index contributed by atoms with van der Waals surface area (Å²) in [6.07, 6.45) is 0.526. The zero-order valence-corrected chi connectivity index (χ0v) is 12.4. The van der Waals surface area contributed by atoms with Crippen molar-refractivity contribution in [3.8, 4) is 0 Å². The van der Waals surface area contributed by atoms with Gasteiger partial charge in [-0.2, -0.15) is 0 Å². The van der Waals surface area contributed by atoms with Crippen LogP contribution in [0.4, 0.5) is 11.4 Å². The van der Waals surface area contributed by atoms with Crippen LogP contribution in [0.1, 0.15) is 12.0 Å². The van der Waals surface area contributed by atoms with E-state index < -0.39 is 0 Å². The molecule has 20 heavy (non-hydrogen) atoms. The highest BCUT2D eigenvalue weighted by atomic mass is 16.1. The molecule has 1 amide bonds. The number of anilines is 2. The van der Waals surface area contributed by atoms with Crippen LogP contribution in [0.2, 0.25) is 0 Å². The average molecular weight is 276 g/mol. The number of nitrogens with one attached hydrogen (secondary N) is 1. The average Bonchev–Trinajstić information content (AvgIpc) is 2.42. The lowest BCUT2D eigenvalue weighted by atomic mass is 10.2. The molecule has 1 aliphatic heterocycles. The number of aryl methyl sites for hydroxylation is 1. The maximum atomic E-state index is 12.0. The van der Waals surface area contributed by atoms with E-state index in [1.165, 1.54) is 0 Å². The number of nitrogens with zero attached hydrogens (tertiary/aromatic N) is 2. The molecular weight excluding hydrogens is 252 g/mol. The lowest BCUT2D eigenvalue weighted by Crippen LogP contribution is -2.45. The number of nitrogen functional groups attached to an aromatic ring is 1. The molecular formula is C15H24N4O. The van der Waals surface area contributed by atoms with E-state index in [4.69, 9.17) is 5.73 Å². The Bertz CT molecular complexity index is 467. The smallest absolute Gasteiger partial charge is 0.225 e. The summed E-state index contributed by atoms with van der Waals surface area (Å²) >= 11 is 0. The Balaban J connectivity index is 1.79. The van der Waals surface area contributed by atoms with Crippen LogP contribution in [0.15, 0.2) is 18.2 Å². The van der Waals surface area contributed by atoms with Gasteiger partial charge in [0.05, 0.1) is 0 Å². The van der Waals surface area contributed by atoms with E-state index in [9.17, 15) is 4.79 Å². The van der Waals surface area contributed by atoms with Gasteiger partial charge in [-0.3, -0.25) is 4.79 Å². The van der Waals surface area contributed by atoms with Crippen LogP contribution < -0.4 is 11.1 Å². The molecule has 0 bridgehead atoms. The van der Waals surface area contributed by atoms with Crippen molar-refractivity contribution in [2.45, 2.75) is 13.3 Å². The van der Waals surface area contributed by atoms with E-state index in [1.807, 2.05) is 25.1 Å². The summed E-state index contributed by atoms with van der Waals surface area (Å²) in [7, 11) is 2.13.